The molecule has 0 bridgehead atoms. The first-order valence-electron chi connectivity index (χ1n) is 25.8. The van der Waals surface area contributed by atoms with Crippen LogP contribution in [0.2, 0.25) is 0 Å². The van der Waals surface area contributed by atoms with E-state index in [0.717, 1.165) is 89.9 Å². The van der Waals surface area contributed by atoms with Crippen molar-refractivity contribution < 1.29 is 117 Å². The zero-order chi connectivity index (χ0) is 53.4. The number of phosphoric ester groups is 1. The molecule has 1 saturated carbocycles. The van der Waals surface area contributed by atoms with Crippen molar-refractivity contribution >= 4 is 25.7 Å². The van der Waals surface area contributed by atoms with Gasteiger partial charge in [-0.25, -0.2) is 4.57 Å². The fourth-order valence-electron chi connectivity index (χ4n) is 8.46. The van der Waals surface area contributed by atoms with Gasteiger partial charge in [0.25, 0.3) is 0 Å². The van der Waals surface area contributed by atoms with Gasteiger partial charge in [0.2, 0.25) is 0 Å². The second-order valence-corrected chi connectivity index (χ2v) is 20.3. The molecule has 25 heteroatoms. The average molecular weight is 1070 g/mol. The molecule has 3 fully saturated rings. The second kappa shape index (κ2) is 33.9. The van der Waals surface area contributed by atoms with Gasteiger partial charge in [-0.05, 0) is 19.3 Å². The van der Waals surface area contributed by atoms with E-state index in [2.05, 4.69) is 13.8 Å². The summed E-state index contributed by atoms with van der Waals surface area (Å²) in [7, 11) is -5.65. The van der Waals surface area contributed by atoms with Crippen LogP contribution >= 0.6 is 7.82 Å². The molecule has 2 heterocycles. The number of carbonyl (C=O) groups is 3. The number of ether oxygens (including phenoxy) is 7. The highest BCUT2D eigenvalue weighted by Crippen LogP contribution is 2.49. The maximum atomic E-state index is 14.0. The van der Waals surface area contributed by atoms with E-state index >= 15 is 0 Å². The van der Waals surface area contributed by atoms with Gasteiger partial charge in [-0.2, -0.15) is 0 Å². The molecule has 3 aliphatic rings. The van der Waals surface area contributed by atoms with Crippen LogP contribution in [0.3, 0.4) is 0 Å². The summed E-state index contributed by atoms with van der Waals surface area (Å²) in [5.41, 5.74) is 0. The Morgan fingerprint density at radius 1 is 0.486 bits per heavy atom. The summed E-state index contributed by atoms with van der Waals surface area (Å²) in [6, 6.07) is 0. The minimum atomic E-state index is -5.65. The van der Waals surface area contributed by atoms with Crippen LogP contribution in [0.1, 0.15) is 149 Å². The van der Waals surface area contributed by atoms with Gasteiger partial charge in [-0.15, -0.1) is 0 Å². The van der Waals surface area contributed by atoms with Gasteiger partial charge in [0.05, 0.1) is 13.2 Å². The van der Waals surface area contributed by atoms with Crippen LogP contribution in [0, 0.1) is 0 Å². The summed E-state index contributed by atoms with van der Waals surface area (Å²) in [5.74, 6) is -2.04. The van der Waals surface area contributed by atoms with Gasteiger partial charge in [0.15, 0.2) is 18.7 Å². The number of hydrogen-bond donors (Lipinski definition) is 11. The van der Waals surface area contributed by atoms with Gasteiger partial charge >= 0.3 is 25.7 Å². The lowest BCUT2D eigenvalue weighted by Gasteiger charge is -2.49. The maximum Gasteiger partial charge on any atom is 0.472 e. The molecule has 11 N–H and O–H groups in total. The molecule has 0 aromatic carbocycles. The van der Waals surface area contributed by atoms with Gasteiger partial charge in [-0.1, -0.05) is 111 Å². The van der Waals surface area contributed by atoms with E-state index in [1.165, 1.54) is 0 Å². The van der Waals surface area contributed by atoms with Crippen LogP contribution in [0.5, 0.6) is 0 Å². The molecule has 0 radical (unpaired) electrons. The molecule has 72 heavy (non-hydrogen) atoms. The molecule has 0 aromatic rings. The van der Waals surface area contributed by atoms with Crippen molar-refractivity contribution in [2.45, 2.75) is 253 Å². The van der Waals surface area contributed by atoms with Crippen LogP contribution in [-0.2, 0) is 61.2 Å². The smallest absolute Gasteiger partial charge is 0.463 e. The Morgan fingerprint density at radius 2 is 0.889 bits per heavy atom. The number of rotatable bonds is 35. The standard InChI is InChI=1S/C47H85O24P/c1-4-7-10-12-14-15-17-20-23-33(51)66-28(25-63-31(49)21-18-9-6-3)26-65-72(61,62)71-45-43(69-46-41(59)36(54)34(52)29(24-48)67-46)39(57)38(56)40(58)44(45)70-47-42(60)37(55)35(53)30(68-47)27-64-32(50)22-19-16-13-11-8-5-2/h28-30,34-48,52-60H,4-27H2,1-3H3,(H,61,62)/t28-,29-,30-,34-,35-,36+,37+,38+,39+,40-,41+,42+,43-,44-,45+,46-,47-/m1/s1. The predicted molar refractivity (Wildman–Crippen MR) is 250 cm³/mol. The zero-order valence-electron chi connectivity index (χ0n) is 42.0. The Kier molecular flexibility index (Phi) is 30.2. The van der Waals surface area contributed by atoms with Crippen LogP contribution < -0.4 is 0 Å². The Balaban J connectivity index is 1.89. The fraction of sp³-hybridized carbons (Fsp3) is 0.936. The minimum absolute atomic E-state index is 0.0271. The minimum Gasteiger partial charge on any atom is -0.463 e. The highest BCUT2D eigenvalue weighted by atomic mass is 31.2. The topological polar surface area (TPSA) is 374 Å². The molecule has 18 atom stereocenters. The SMILES string of the molecule is CCCCCCCCCCC(=O)O[C@H](COC(=O)CCCCC)COP(=O)(O)O[C@@H]1[C@H](O[C@H]2O[C@H](COC(=O)CCCCCCCC)[C@@H](O)[C@H](O)[C@@H]2O)[C@H](O)[C@@H](O)[C@H](O)[C@H]1O[C@H]1O[C@H](CO)[C@@H](O)[C@H](O)[C@@H]1O. The van der Waals surface area contributed by atoms with Crippen LogP contribution in [-0.4, -0.2) is 204 Å². The lowest BCUT2D eigenvalue weighted by molar-refractivity contribution is -0.360. The van der Waals surface area contributed by atoms with Crippen molar-refractivity contribution in [3.63, 3.8) is 0 Å². The normalized spacial score (nSPS) is 33.2. The summed E-state index contributed by atoms with van der Waals surface area (Å²) in [6.07, 6.45) is -20.2. The van der Waals surface area contributed by atoms with Gasteiger partial charge in [0, 0.05) is 19.3 Å². The molecular formula is C47H85O24P. The average Bonchev–Trinajstić information content (AvgIpc) is 3.35. The Labute approximate surface area is 421 Å². The Morgan fingerprint density at radius 3 is 1.39 bits per heavy atom. The van der Waals surface area contributed by atoms with E-state index in [1.54, 1.807) is 0 Å². The van der Waals surface area contributed by atoms with E-state index in [4.69, 9.17) is 42.2 Å². The Hall–Kier alpha value is -2.04. The van der Waals surface area contributed by atoms with Crippen molar-refractivity contribution in [3.8, 4) is 0 Å². The molecular weight excluding hydrogens is 979 g/mol. The zero-order valence-corrected chi connectivity index (χ0v) is 42.9. The largest absolute Gasteiger partial charge is 0.472 e. The predicted octanol–water partition coefficient (Wildman–Crippen LogP) is 0.823. The molecule has 1 aliphatic carbocycles. The van der Waals surface area contributed by atoms with Gasteiger partial charge < -0.3 is 89.1 Å². The molecule has 24 nitrogen and oxygen atoms in total. The maximum absolute atomic E-state index is 14.0. The van der Waals surface area contributed by atoms with E-state index in [9.17, 15) is 74.9 Å². The molecule has 3 rings (SSSR count). The molecule has 1 unspecified atom stereocenters. The monoisotopic (exact) mass is 1060 g/mol. The molecule has 0 amide bonds. The van der Waals surface area contributed by atoms with E-state index in [0.29, 0.717) is 19.3 Å². The molecule has 0 spiro atoms. The summed E-state index contributed by atoms with van der Waals surface area (Å²) >= 11 is 0. The number of unbranched alkanes of at least 4 members (excludes halogenated alkanes) is 14. The third kappa shape index (κ3) is 21.2. The first-order valence-corrected chi connectivity index (χ1v) is 27.3. The third-order valence-electron chi connectivity index (χ3n) is 12.9. The number of aliphatic hydroxyl groups is 10. The van der Waals surface area contributed by atoms with Crippen molar-refractivity contribution in [3.05, 3.63) is 0 Å². The molecule has 0 aromatic heterocycles. The third-order valence-corrected chi connectivity index (χ3v) is 13.9. The van der Waals surface area contributed by atoms with Gasteiger partial charge in [-0.3, -0.25) is 23.4 Å². The lowest BCUT2D eigenvalue weighted by Crippen LogP contribution is -2.69. The number of phosphoric acid groups is 1. The first kappa shape index (κ1) is 64.2. The van der Waals surface area contributed by atoms with Gasteiger partial charge in [0.1, 0.15) is 98.7 Å². The van der Waals surface area contributed by atoms with Crippen molar-refractivity contribution in [2.24, 2.45) is 0 Å². The number of esters is 3. The van der Waals surface area contributed by atoms with Crippen LogP contribution in [0.4, 0.5) is 0 Å². The summed E-state index contributed by atoms with van der Waals surface area (Å²) in [6.45, 7) is 2.94. The van der Waals surface area contributed by atoms with E-state index in [1.807, 2.05) is 6.92 Å². The number of aliphatic hydroxyl groups excluding tert-OH is 10. The molecule has 2 aliphatic heterocycles. The summed E-state index contributed by atoms with van der Waals surface area (Å²) < 4.78 is 63.5. The highest BCUT2D eigenvalue weighted by molar-refractivity contribution is 7.47. The Bertz CT molecular complexity index is 1580. The van der Waals surface area contributed by atoms with E-state index < -0.39 is 156 Å². The number of hydrogen-bond acceptors (Lipinski definition) is 23. The van der Waals surface area contributed by atoms with Crippen LogP contribution in [0.15, 0.2) is 0 Å². The summed E-state index contributed by atoms with van der Waals surface area (Å²) in [4.78, 5) is 49.4. The second-order valence-electron chi connectivity index (χ2n) is 18.9. The quantitative estimate of drug-likeness (QED) is 0.0181. The first-order chi connectivity index (χ1) is 34.3. The van der Waals surface area contributed by atoms with Crippen molar-refractivity contribution in [1.82, 2.24) is 0 Å². The molecule has 2 saturated heterocycles. The number of carbonyl (C=O) groups excluding carboxylic acids is 3. The van der Waals surface area contributed by atoms with E-state index in [-0.39, 0.29) is 19.3 Å². The van der Waals surface area contributed by atoms with Crippen LogP contribution in [0.25, 0.3) is 0 Å². The molecule has 422 valence electrons. The van der Waals surface area contributed by atoms with Crippen molar-refractivity contribution in [1.29, 1.82) is 0 Å². The summed E-state index contributed by atoms with van der Waals surface area (Å²) in [5, 5.41) is 108. The lowest BCUT2D eigenvalue weighted by atomic mass is 9.84. The highest BCUT2D eigenvalue weighted by Gasteiger charge is 2.58. The van der Waals surface area contributed by atoms with Crippen molar-refractivity contribution in [2.75, 3.05) is 26.4 Å². The fourth-order valence-corrected chi connectivity index (χ4v) is 9.42.